The minimum absolute atomic E-state index is 0.0356. The van der Waals surface area contributed by atoms with Gasteiger partial charge in [-0.2, -0.15) is 0 Å². The fourth-order valence-electron chi connectivity index (χ4n) is 8.38. The molecule has 0 unspecified atom stereocenters. The van der Waals surface area contributed by atoms with E-state index in [0.717, 1.165) is 57.8 Å². The minimum Gasteiger partial charge on any atom is -0.462 e. The van der Waals surface area contributed by atoms with Crippen molar-refractivity contribution in [3.8, 4) is 11.5 Å². The number of amides is 1. The topological polar surface area (TPSA) is 190 Å². The molecule has 6 atom stereocenters. The Kier molecular flexibility index (Phi) is 34.1. The predicted octanol–water partition coefficient (Wildman–Crippen LogP) is 17.5. The zero-order valence-electron chi connectivity index (χ0n) is 48.3. The molecule has 1 amide bonds. The standard InChI is InChI=1S/C57H88Cl6NO15PSi/c1-8-10-12-14-16-18-20-22-26-36-45(73-47(65)37-31-23-21-19-17-15-13-11-9-2)40-48(66)75-51-49(64-53(67)72-42-56(58,59)60)52(70-38-39-81(5,6)7)74-46(41-71-54(68)76-55(3,4)57(61,62)63)50(51)79-80(69,77-43-32-27-24-28-33-43)78-44-34-29-25-30-35-44/h24-25,27-30,32-35,45-46,49-52H,8-23,26,31,36-42H2,1-7H3,(H,64,67)/t45-,46-,49+,50-,51-,52+/m1/s1. The summed E-state index contributed by atoms with van der Waals surface area (Å²) in [7, 11) is -6.84. The quantitative estimate of drug-likeness (QED) is 0.0166. The summed E-state index contributed by atoms with van der Waals surface area (Å²) in [5.74, 6) is -1.31. The molecule has 1 aliphatic heterocycles. The molecule has 462 valence electrons. The first-order valence-electron chi connectivity index (χ1n) is 28.6. The Morgan fingerprint density at radius 3 is 1.68 bits per heavy atom. The summed E-state index contributed by atoms with van der Waals surface area (Å²) < 4.78 is 71.5. The highest BCUT2D eigenvalue weighted by atomic mass is 35.6. The van der Waals surface area contributed by atoms with Gasteiger partial charge in [-0.3, -0.25) is 14.1 Å². The third-order valence-electron chi connectivity index (χ3n) is 13.1. The molecule has 0 radical (unpaired) electrons. The van der Waals surface area contributed by atoms with Gasteiger partial charge in [0.25, 0.3) is 0 Å². The number of para-hydroxylation sites is 2. The highest BCUT2D eigenvalue weighted by Crippen LogP contribution is 2.53. The summed E-state index contributed by atoms with van der Waals surface area (Å²) in [6.07, 6.45) is 8.68. The van der Waals surface area contributed by atoms with Crippen LogP contribution in [0.3, 0.4) is 0 Å². The van der Waals surface area contributed by atoms with Gasteiger partial charge in [0, 0.05) is 21.1 Å². The Morgan fingerprint density at radius 1 is 0.679 bits per heavy atom. The average Bonchev–Trinajstić information content (AvgIpc) is 3.54. The molecule has 1 saturated heterocycles. The lowest BCUT2D eigenvalue weighted by Crippen LogP contribution is -2.66. The normalized spacial score (nSPS) is 18.3. The second-order valence-electron chi connectivity index (χ2n) is 22.0. The Labute approximate surface area is 512 Å². The average molecular weight is 1300 g/mol. The van der Waals surface area contributed by atoms with Crippen molar-refractivity contribution in [2.75, 3.05) is 19.8 Å². The zero-order valence-corrected chi connectivity index (χ0v) is 54.7. The predicted molar refractivity (Wildman–Crippen MR) is 323 cm³/mol. The van der Waals surface area contributed by atoms with E-state index >= 15 is 4.57 Å². The van der Waals surface area contributed by atoms with Crippen LogP contribution in [0.2, 0.25) is 25.7 Å². The molecule has 0 spiro atoms. The number of hydrogen-bond acceptors (Lipinski definition) is 15. The van der Waals surface area contributed by atoms with Crippen molar-refractivity contribution in [2.24, 2.45) is 0 Å². The second kappa shape index (κ2) is 37.9. The van der Waals surface area contributed by atoms with Gasteiger partial charge >= 0.3 is 32.0 Å². The van der Waals surface area contributed by atoms with Gasteiger partial charge in [0.05, 0.1) is 6.42 Å². The number of phosphoric ester groups is 1. The molecule has 3 rings (SSSR count). The van der Waals surface area contributed by atoms with E-state index in [-0.39, 0.29) is 24.5 Å². The van der Waals surface area contributed by atoms with E-state index in [4.69, 9.17) is 116 Å². The van der Waals surface area contributed by atoms with Gasteiger partial charge in [-0.25, -0.2) is 14.2 Å². The molecule has 1 aliphatic rings. The number of halogens is 6. The van der Waals surface area contributed by atoms with Crippen LogP contribution in [-0.4, -0.2) is 102 Å². The number of esters is 2. The summed E-state index contributed by atoms with van der Waals surface area (Å²) in [6.45, 7) is 11.9. The molecule has 1 fully saturated rings. The molecule has 2 aromatic carbocycles. The number of ether oxygens (including phenoxy) is 7. The second-order valence-corrected chi connectivity index (χ2v) is 33.9. The maximum Gasteiger partial charge on any atom is 0.588 e. The molecule has 0 bridgehead atoms. The molecule has 2 aromatic rings. The number of alkyl carbamates (subject to hydrolysis) is 1. The fraction of sp³-hybridized carbons (Fsp3) is 0.719. The number of benzene rings is 2. The van der Waals surface area contributed by atoms with Gasteiger partial charge in [0.1, 0.15) is 49.1 Å². The number of unbranched alkanes of at least 4 members (excludes halogenated alkanes) is 16. The van der Waals surface area contributed by atoms with Gasteiger partial charge in [-0.15, -0.1) is 0 Å². The molecule has 81 heavy (non-hydrogen) atoms. The third-order valence-corrected chi connectivity index (χ3v) is 17.8. The van der Waals surface area contributed by atoms with Gasteiger partial charge in [-0.1, -0.05) is 242 Å². The monoisotopic (exact) mass is 1300 g/mol. The summed E-state index contributed by atoms with van der Waals surface area (Å²) in [4.78, 5) is 55.7. The van der Waals surface area contributed by atoms with E-state index < -0.39 is 110 Å². The van der Waals surface area contributed by atoms with Crippen LogP contribution in [0, 0.1) is 0 Å². The summed E-state index contributed by atoms with van der Waals surface area (Å²) >= 11 is 36.4. The Hall–Kier alpha value is -2.41. The van der Waals surface area contributed by atoms with Crippen LogP contribution in [0.15, 0.2) is 60.7 Å². The minimum atomic E-state index is -5.01. The van der Waals surface area contributed by atoms with Crippen molar-refractivity contribution in [2.45, 2.75) is 238 Å². The Balaban J connectivity index is 2.16. The van der Waals surface area contributed by atoms with Gasteiger partial charge in [0.2, 0.25) is 7.59 Å². The Bertz CT molecular complexity index is 2110. The molecule has 16 nitrogen and oxygen atoms in total. The molecule has 0 aliphatic carbocycles. The number of hydrogen-bond donors (Lipinski definition) is 1. The molecular weight excluding hydrogens is 1210 g/mol. The lowest BCUT2D eigenvalue weighted by molar-refractivity contribution is -0.269. The van der Waals surface area contributed by atoms with Crippen LogP contribution in [0.5, 0.6) is 11.5 Å². The van der Waals surface area contributed by atoms with Crippen molar-refractivity contribution < 1.29 is 70.5 Å². The maximum absolute atomic E-state index is 15.4. The number of phosphoric acid groups is 1. The van der Waals surface area contributed by atoms with Gasteiger partial charge < -0.3 is 47.5 Å². The van der Waals surface area contributed by atoms with Gasteiger partial charge in [0.15, 0.2) is 18.0 Å². The largest absolute Gasteiger partial charge is 0.588 e. The highest BCUT2D eigenvalue weighted by molar-refractivity contribution is 7.49. The number of alkyl halides is 6. The van der Waals surface area contributed by atoms with Crippen LogP contribution < -0.4 is 14.4 Å². The zero-order chi connectivity index (χ0) is 60.0. The molecular formula is C57H88Cl6NO15PSi. The van der Waals surface area contributed by atoms with Crippen LogP contribution in [-0.2, 0) is 51.8 Å². The first-order valence-corrected chi connectivity index (χ1v) is 36.0. The number of rotatable bonds is 39. The lowest BCUT2D eigenvalue weighted by atomic mass is 9.96. The first-order chi connectivity index (χ1) is 38.2. The van der Waals surface area contributed by atoms with E-state index in [1.54, 1.807) is 36.4 Å². The third kappa shape index (κ3) is 31.5. The number of carbonyl (C=O) groups excluding carboxylic acids is 4. The van der Waals surface area contributed by atoms with Crippen LogP contribution >= 0.6 is 77.4 Å². The van der Waals surface area contributed by atoms with E-state index in [1.807, 2.05) is 0 Å². The van der Waals surface area contributed by atoms with Crippen molar-refractivity contribution >= 4 is 110 Å². The van der Waals surface area contributed by atoms with Crippen molar-refractivity contribution in [3.05, 3.63) is 60.7 Å². The van der Waals surface area contributed by atoms with Crippen LogP contribution in [0.1, 0.15) is 163 Å². The van der Waals surface area contributed by atoms with Crippen molar-refractivity contribution in [1.29, 1.82) is 0 Å². The fourth-order valence-corrected chi connectivity index (χ4v) is 10.8. The summed E-state index contributed by atoms with van der Waals surface area (Å²) in [5, 5.41) is 2.63. The molecule has 1 heterocycles. The summed E-state index contributed by atoms with van der Waals surface area (Å²) in [6, 6.07) is 14.9. The SMILES string of the molecule is CCCCCCCCCCCC(=O)O[C@H](CCCCCCCCCCC)CC(=O)O[C@@H]1[C@H](NC(=O)OCC(Cl)(Cl)Cl)[C@@H](OCC[Si](C)(C)C)O[C@H](COC(=O)OC(C)(C)C(Cl)(Cl)Cl)[C@H]1OP(=O)(Oc1ccccc1)Oc1ccccc1. The highest BCUT2D eigenvalue weighted by Gasteiger charge is 2.55. The Morgan fingerprint density at radius 2 is 1.19 bits per heavy atom. The molecule has 1 N–H and O–H groups in total. The first kappa shape index (κ1) is 72.8. The molecule has 0 aromatic heterocycles. The number of nitrogens with one attached hydrogen (secondary N) is 1. The number of carbonyl (C=O) groups is 4. The van der Waals surface area contributed by atoms with E-state index in [2.05, 4.69) is 38.8 Å². The van der Waals surface area contributed by atoms with Gasteiger partial charge in [-0.05, 0) is 63.4 Å². The van der Waals surface area contributed by atoms with Crippen molar-refractivity contribution in [3.63, 3.8) is 0 Å². The maximum atomic E-state index is 15.4. The molecule has 0 saturated carbocycles. The molecule has 24 heteroatoms. The van der Waals surface area contributed by atoms with E-state index in [0.29, 0.717) is 25.3 Å². The summed E-state index contributed by atoms with van der Waals surface area (Å²) in [5.41, 5.74) is -1.73. The van der Waals surface area contributed by atoms with Crippen LogP contribution in [0.25, 0.3) is 0 Å². The van der Waals surface area contributed by atoms with Crippen molar-refractivity contribution in [1.82, 2.24) is 5.32 Å². The smallest absolute Gasteiger partial charge is 0.462 e. The van der Waals surface area contributed by atoms with E-state index in [9.17, 15) is 19.2 Å². The van der Waals surface area contributed by atoms with E-state index in [1.165, 1.54) is 83.1 Å². The lowest BCUT2D eigenvalue weighted by Gasteiger charge is -2.45. The van der Waals surface area contributed by atoms with Crippen LogP contribution in [0.4, 0.5) is 9.59 Å².